The molecular weight excluding hydrogens is 394 g/mol. The van der Waals surface area contributed by atoms with Crippen molar-refractivity contribution in [2.24, 2.45) is 5.92 Å². The minimum absolute atomic E-state index is 0.0504. The first-order valence-electron chi connectivity index (χ1n) is 10.6. The van der Waals surface area contributed by atoms with Crippen LogP contribution in [0.5, 0.6) is 5.75 Å². The second-order valence-corrected chi connectivity index (χ2v) is 8.01. The second kappa shape index (κ2) is 7.94. The van der Waals surface area contributed by atoms with Gasteiger partial charge in [0.15, 0.2) is 5.82 Å². The highest BCUT2D eigenvalue weighted by atomic mass is 16.5. The number of hydrogen-bond donors (Lipinski definition) is 1. The summed E-state index contributed by atoms with van der Waals surface area (Å²) in [6, 6.07) is 15.7. The molecule has 2 aromatic carbocycles. The van der Waals surface area contributed by atoms with Crippen LogP contribution in [0.25, 0.3) is 10.9 Å². The van der Waals surface area contributed by atoms with E-state index in [-0.39, 0.29) is 24.2 Å². The Hall–Kier alpha value is -3.55. The number of ether oxygens (including phenoxy) is 1. The maximum absolute atomic E-state index is 13.1. The van der Waals surface area contributed by atoms with Crippen molar-refractivity contribution in [1.82, 2.24) is 15.1 Å². The second-order valence-electron chi connectivity index (χ2n) is 8.01. The molecule has 3 heterocycles. The molecule has 3 aromatic rings. The van der Waals surface area contributed by atoms with Crippen molar-refractivity contribution < 1.29 is 14.3 Å². The normalized spacial score (nSPS) is 19.3. The Balaban J connectivity index is 1.24. The molecule has 2 amide bonds. The minimum atomic E-state index is -0.327. The number of aromatic nitrogens is 2. The van der Waals surface area contributed by atoms with Crippen molar-refractivity contribution >= 4 is 34.2 Å². The summed E-state index contributed by atoms with van der Waals surface area (Å²) in [7, 11) is 1.66. The summed E-state index contributed by atoms with van der Waals surface area (Å²) in [5.74, 6) is 1.11. The number of nitrogens with zero attached hydrogens (tertiary/aromatic N) is 4. The van der Waals surface area contributed by atoms with Gasteiger partial charge < -0.3 is 14.5 Å². The van der Waals surface area contributed by atoms with E-state index < -0.39 is 0 Å². The monoisotopic (exact) mass is 419 g/mol. The molecular formula is C23H25N5O3. The lowest BCUT2D eigenvalue weighted by molar-refractivity contribution is -0.136. The van der Waals surface area contributed by atoms with E-state index in [1.807, 2.05) is 47.4 Å². The molecule has 1 unspecified atom stereocenters. The Morgan fingerprint density at radius 3 is 2.71 bits per heavy atom. The number of hydrogen-bond acceptors (Lipinski definition) is 5. The third kappa shape index (κ3) is 3.58. The molecule has 2 saturated heterocycles. The number of amides is 2. The zero-order chi connectivity index (χ0) is 21.4. The lowest BCUT2D eigenvalue weighted by Gasteiger charge is -2.37. The van der Waals surface area contributed by atoms with E-state index in [2.05, 4.69) is 21.2 Å². The fourth-order valence-electron chi connectivity index (χ4n) is 4.48. The average molecular weight is 419 g/mol. The number of anilines is 2. The highest BCUT2D eigenvalue weighted by Gasteiger charge is 2.39. The molecule has 0 radical (unpaired) electrons. The summed E-state index contributed by atoms with van der Waals surface area (Å²) in [5, 5.41) is 8.20. The third-order valence-electron chi connectivity index (χ3n) is 6.19. The van der Waals surface area contributed by atoms with Crippen LogP contribution in [0.2, 0.25) is 0 Å². The first-order valence-corrected chi connectivity index (χ1v) is 10.6. The van der Waals surface area contributed by atoms with Gasteiger partial charge >= 0.3 is 0 Å². The molecule has 1 atom stereocenters. The Bertz CT molecular complexity index is 1120. The first kappa shape index (κ1) is 19.4. The van der Waals surface area contributed by atoms with Gasteiger partial charge in [0.2, 0.25) is 11.8 Å². The van der Waals surface area contributed by atoms with Gasteiger partial charge in [-0.05, 0) is 24.3 Å². The standard InChI is InChI=1S/C23H25N5O3/c1-31-18-6-4-5-17(14-18)26-9-11-27(12-10-26)23(30)16-13-21(29)28(15-16)22-19-7-2-3-8-20(19)24-25-22/h2-8,14,16H,9-13,15H2,1H3,(H,24,25). The molecule has 8 heteroatoms. The van der Waals surface area contributed by atoms with E-state index in [4.69, 9.17) is 4.74 Å². The average Bonchev–Trinajstić information content (AvgIpc) is 3.42. The first-order chi connectivity index (χ1) is 15.1. The van der Waals surface area contributed by atoms with Gasteiger partial charge in [0.1, 0.15) is 5.75 Å². The smallest absolute Gasteiger partial charge is 0.229 e. The summed E-state index contributed by atoms with van der Waals surface area (Å²) in [6.07, 6.45) is 0.232. The number of fused-ring (bicyclic) bond motifs is 1. The van der Waals surface area contributed by atoms with Gasteiger partial charge in [0, 0.05) is 56.3 Å². The van der Waals surface area contributed by atoms with Gasteiger partial charge in [-0.25, -0.2) is 0 Å². The predicted octanol–water partition coefficient (Wildman–Crippen LogP) is 2.27. The summed E-state index contributed by atoms with van der Waals surface area (Å²) < 4.78 is 5.31. The number of para-hydroxylation sites is 1. The number of methoxy groups -OCH3 is 1. The molecule has 0 saturated carbocycles. The fourth-order valence-corrected chi connectivity index (χ4v) is 4.48. The van der Waals surface area contributed by atoms with Crippen LogP contribution in [0.4, 0.5) is 11.5 Å². The number of H-pyrrole nitrogens is 1. The Kier molecular flexibility index (Phi) is 4.97. The maximum atomic E-state index is 13.1. The van der Waals surface area contributed by atoms with Crippen molar-refractivity contribution in [2.45, 2.75) is 6.42 Å². The number of benzene rings is 2. The van der Waals surface area contributed by atoms with Crippen molar-refractivity contribution in [3.63, 3.8) is 0 Å². The number of rotatable bonds is 4. The fraction of sp³-hybridized carbons (Fsp3) is 0.348. The van der Waals surface area contributed by atoms with Gasteiger partial charge in [-0.3, -0.25) is 19.6 Å². The van der Waals surface area contributed by atoms with Crippen LogP contribution < -0.4 is 14.5 Å². The number of piperazine rings is 1. The molecule has 5 rings (SSSR count). The quantitative estimate of drug-likeness (QED) is 0.702. The zero-order valence-corrected chi connectivity index (χ0v) is 17.5. The minimum Gasteiger partial charge on any atom is -0.497 e. The highest BCUT2D eigenvalue weighted by Crippen LogP contribution is 2.31. The van der Waals surface area contributed by atoms with Gasteiger partial charge in [-0.15, -0.1) is 0 Å². The van der Waals surface area contributed by atoms with Crippen molar-refractivity contribution in [2.75, 3.05) is 49.6 Å². The van der Waals surface area contributed by atoms with E-state index in [1.54, 1.807) is 12.0 Å². The third-order valence-corrected chi connectivity index (χ3v) is 6.19. The highest BCUT2D eigenvalue weighted by molar-refractivity contribution is 6.05. The molecule has 1 aromatic heterocycles. The lowest BCUT2D eigenvalue weighted by atomic mass is 10.1. The van der Waals surface area contributed by atoms with Crippen LogP contribution in [-0.4, -0.2) is 66.7 Å². The van der Waals surface area contributed by atoms with E-state index in [9.17, 15) is 9.59 Å². The largest absolute Gasteiger partial charge is 0.497 e. The molecule has 0 spiro atoms. The van der Waals surface area contributed by atoms with E-state index in [1.165, 1.54) is 0 Å². The Morgan fingerprint density at radius 2 is 1.90 bits per heavy atom. The van der Waals surface area contributed by atoms with E-state index in [0.29, 0.717) is 25.5 Å². The lowest BCUT2D eigenvalue weighted by Crippen LogP contribution is -2.50. The Morgan fingerprint density at radius 1 is 1.10 bits per heavy atom. The van der Waals surface area contributed by atoms with Gasteiger partial charge in [-0.1, -0.05) is 18.2 Å². The van der Waals surface area contributed by atoms with Crippen LogP contribution >= 0.6 is 0 Å². The molecule has 8 nitrogen and oxygen atoms in total. The summed E-state index contributed by atoms with van der Waals surface area (Å²) in [5.41, 5.74) is 1.98. The van der Waals surface area contributed by atoms with Crippen molar-refractivity contribution in [1.29, 1.82) is 0 Å². The van der Waals surface area contributed by atoms with Crippen LogP contribution in [-0.2, 0) is 9.59 Å². The number of carbonyl (C=O) groups excluding carboxylic acids is 2. The van der Waals surface area contributed by atoms with E-state index in [0.717, 1.165) is 35.4 Å². The predicted molar refractivity (Wildman–Crippen MR) is 118 cm³/mol. The summed E-state index contributed by atoms with van der Waals surface area (Å²) in [6.45, 7) is 3.18. The van der Waals surface area contributed by atoms with Gasteiger partial charge in [0.05, 0.1) is 18.5 Å². The maximum Gasteiger partial charge on any atom is 0.229 e. The molecule has 2 aliphatic heterocycles. The van der Waals surface area contributed by atoms with Crippen molar-refractivity contribution in [3.8, 4) is 5.75 Å². The molecule has 1 N–H and O–H groups in total. The molecule has 2 fully saturated rings. The van der Waals surface area contributed by atoms with Crippen LogP contribution in [0.1, 0.15) is 6.42 Å². The van der Waals surface area contributed by atoms with E-state index >= 15 is 0 Å². The topological polar surface area (TPSA) is 81.8 Å². The molecule has 0 bridgehead atoms. The van der Waals surface area contributed by atoms with Crippen molar-refractivity contribution in [3.05, 3.63) is 48.5 Å². The van der Waals surface area contributed by atoms with Gasteiger partial charge in [0.25, 0.3) is 0 Å². The summed E-state index contributed by atoms with van der Waals surface area (Å²) >= 11 is 0. The van der Waals surface area contributed by atoms with Crippen LogP contribution in [0.3, 0.4) is 0 Å². The zero-order valence-electron chi connectivity index (χ0n) is 17.5. The molecule has 31 heavy (non-hydrogen) atoms. The molecule has 0 aliphatic carbocycles. The molecule has 160 valence electrons. The van der Waals surface area contributed by atoms with Gasteiger partial charge in [-0.2, -0.15) is 5.10 Å². The summed E-state index contributed by atoms with van der Waals surface area (Å²) in [4.78, 5) is 31.6. The SMILES string of the molecule is COc1cccc(N2CCN(C(=O)C3CC(=O)N(c4n[nH]c5ccccc45)C3)CC2)c1. The van der Waals surface area contributed by atoms with Crippen LogP contribution in [0.15, 0.2) is 48.5 Å². The number of nitrogens with one attached hydrogen (secondary N) is 1. The molecule has 2 aliphatic rings. The number of carbonyl (C=O) groups is 2. The Labute approximate surface area is 180 Å². The van der Waals surface area contributed by atoms with Crippen LogP contribution in [0, 0.1) is 5.92 Å². The number of aromatic amines is 1.